The maximum Gasteiger partial charge on any atom is 0.194 e. The van der Waals surface area contributed by atoms with Gasteiger partial charge in [0.15, 0.2) is 15.1 Å². The monoisotopic (exact) mass is 237 g/mol. The number of hydrogen-bond donors (Lipinski definition) is 0. The lowest BCUT2D eigenvalue weighted by molar-refractivity contribution is 0.587. The van der Waals surface area contributed by atoms with Crippen LogP contribution in [0.4, 0.5) is 0 Å². The van der Waals surface area contributed by atoms with Crippen LogP contribution in [0.3, 0.4) is 0 Å². The van der Waals surface area contributed by atoms with Crippen LogP contribution >= 0.6 is 0 Å². The molecule has 0 aliphatic carbocycles. The van der Waals surface area contributed by atoms with E-state index in [0.717, 1.165) is 12.0 Å². The van der Waals surface area contributed by atoms with E-state index in [1.807, 2.05) is 13.0 Å². The Hall–Kier alpha value is -1.34. The Balaban J connectivity index is 3.13. The Labute approximate surface area is 96.6 Å². The Morgan fingerprint density at radius 3 is 2.19 bits per heavy atom. The highest BCUT2D eigenvalue weighted by Crippen LogP contribution is 2.18. The van der Waals surface area contributed by atoms with E-state index in [0.29, 0.717) is 6.42 Å². The van der Waals surface area contributed by atoms with Crippen molar-refractivity contribution in [3.63, 3.8) is 0 Å². The first kappa shape index (κ1) is 12.7. The first-order valence-corrected chi connectivity index (χ1v) is 6.83. The van der Waals surface area contributed by atoms with Crippen LogP contribution in [-0.2, 0) is 16.3 Å². The van der Waals surface area contributed by atoms with Gasteiger partial charge in [0.25, 0.3) is 0 Å². The maximum absolute atomic E-state index is 12.0. The molecule has 1 aromatic carbocycles. The first-order chi connectivity index (χ1) is 7.56. The second-order valence-electron chi connectivity index (χ2n) is 3.57. The molecule has 86 valence electrons. The topological polar surface area (TPSA) is 57.9 Å². The summed E-state index contributed by atoms with van der Waals surface area (Å²) in [6.07, 6.45) is 1.18. The molecule has 0 aliphatic heterocycles. The number of hydrogen-bond acceptors (Lipinski definition) is 3. The summed E-state index contributed by atoms with van der Waals surface area (Å²) in [6.45, 7) is 3.71. The summed E-state index contributed by atoms with van der Waals surface area (Å²) >= 11 is 0. The minimum atomic E-state index is -3.49. The average molecular weight is 237 g/mol. The molecular weight excluding hydrogens is 222 g/mol. The number of aryl methyl sites for hydroxylation is 1. The minimum Gasteiger partial charge on any atom is -0.222 e. The van der Waals surface area contributed by atoms with E-state index in [4.69, 9.17) is 5.26 Å². The zero-order valence-corrected chi connectivity index (χ0v) is 10.3. The van der Waals surface area contributed by atoms with Crippen LogP contribution in [0.15, 0.2) is 29.2 Å². The van der Waals surface area contributed by atoms with E-state index in [-0.39, 0.29) is 4.90 Å². The number of rotatable bonds is 4. The largest absolute Gasteiger partial charge is 0.222 e. The molecule has 16 heavy (non-hydrogen) atoms. The third-order valence-electron chi connectivity index (χ3n) is 2.55. The summed E-state index contributed by atoms with van der Waals surface area (Å²) in [5.41, 5.74) is 1.09. The normalized spacial score (nSPS) is 13.1. The molecule has 0 spiro atoms. The fourth-order valence-electron chi connectivity index (χ4n) is 1.46. The van der Waals surface area contributed by atoms with Crippen LogP contribution in [0.25, 0.3) is 0 Å². The van der Waals surface area contributed by atoms with Gasteiger partial charge in [-0.2, -0.15) is 5.26 Å². The van der Waals surface area contributed by atoms with Gasteiger partial charge in [-0.3, -0.25) is 0 Å². The highest BCUT2D eigenvalue weighted by atomic mass is 32.2. The minimum absolute atomic E-state index is 0.234. The average Bonchev–Trinajstić information content (AvgIpc) is 2.30. The Morgan fingerprint density at radius 1 is 1.25 bits per heavy atom. The molecule has 0 bridgehead atoms. The quantitative estimate of drug-likeness (QED) is 0.807. The van der Waals surface area contributed by atoms with Crippen LogP contribution in [-0.4, -0.2) is 13.7 Å². The van der Waals surface area contributed by atoms with Crippen LogP contribution in [0, 0.1) is 11.3 Å². The van der Waals surface area contributed by atoms with Crippen molar-refractivity contribution in [2.45, 2.75) is 36.8 Å². The van der Waals surface area contributed by atoms with E-state index in [1.54, 1.807) is 31.2 Å². The van der Waals surface area contributed by atoms with E-state index >= 15 is 0 Å². The van der Waals surface area contributed by atoms with Crippen molar-refractivity contribution in [3.8, 4) is 6.07 Å². The van der Waals surface area contributed by atoms with E-state index in [9.17, 15) is 8.42 Å². The Bertz CT molecular complexity index is 483. The fraction of sp³-hybridized carbons (Fsp3) is 0.417. The molecule has 0 N–H and O–H groups in total. The standard InChI is InChI=1S/C12H15NO2S/c1-3-10-5-7-12(8-6-10)16(14,15)11(4-2)9-13/h5-8,11H,3-4H2,1-2H3. The van der Waals surface area contributed by atoms with E-state index in [1.165, 1.54) is 0 Å². The predicted molar refractivity (Wildman–Crippen MR) is 62.7 cm³/mol. The molecule has 0 aromatic heterocycles. The van der Waals surface area contributed by atoms with Gasteiger partial charge in [-0.1, -0.05) is 26.0 Å². The highest BCUT2D eigenvalue weighted by molar-refractivity contribution is 7.92. The molecule has 1 aromatic rings. The molecular formula is C12H15NO2S. The van der Waals surface area contributed by atoms with Crippen molar-refractivity contribution in [1.82, 2.24) is 0 Å². The Kier molecular flexibility index (Phi) is 4.08. The molecule has 0 radical (unpaired) electrons. The van der Waals surface area contributed by atoms with Crippen molar-refractivity contribution in [1.29, 1.82) is 5.26 Å². The summed E-state index contributed by atoms with van der Waals surface area (Å²) in [5.74, 6) is 0. The van der Waals surface area contributed by atoms with Crippen molar-refractivity contribution in [3.05, 3.63) is 29.8 Å². The SMILES string of the molecule is CCc1ccc(S(=O)(=O)C(C#N)CC)cc1. The smallest absolute Gasteiger partial charge is 0.194 e. The van der Waals surface area contributed by atoms with Crippen molar-refractivity contribution < 1.29 is 8.42 Å². The molecule has 1 unspecified atom stereocenters. The van der Waals surface area contributed by atoms with Gasteiger partial charge in [-0.05, 0) is 30.5 Å². The zero-order chi connectivity index (χ0) is 12.2. The van der Waals surface area contributed by atoms with Crippen LogP contribution in [0.1, 0.15) is 25.8 Å². The predicted octanol–water partition coefficient (Wildman–Crippen LogP) is 2.32. The molecule has 0 heterocycles. The molecule has 1 atom stereocenters. The third-order valence-corrected chi connectivity index (χ3v) is 4.67. The lowest BCUT2D eigenvalue weighted by Crippen LogP contribution is -2.18. The zero-order valence-electron chi connectivity index (χ0n) is 9.47. The second-order valence-corrected chi connectivity index (χ2v) is 5.70. The maximum atomic E-state index is 12.0. The summed E-state index contributed by atoms with van der Waals surface area (Å²) in [5, 5.41) is 7.85. The molecule has 3 nitrogen and oxygen atoms in total. The van der Waals surface area contributed by atoms with Crippen molar-refractivity contribution in [2.24, 2.45) is 0 Å². The number of nitrogens with zero attached hydrogens (tertiary/aromatic N) is 1. The van der Waals surface area contributed by atoms with E-state index in [2.05, 4.69) is 0 Å². The highest BCUT2D eigenvalue weighted by Gasteiger charge is 2.25. The Morgan fingerprint density at radius 2 is 1.81 bits per heavy atom. The lowest BCUT2D eigenvalue weighted by Gasteiger charge is -2.08. The first-order valence-electron chi connectivity index (χ1n) is 5.28. The summed E-state index contributed by atoms with van der Waals surface area (Å²) < 4.78 is 23.9. The lowest BCUT2D eigenvalue weighted by atomic mass is 10.2. The fourth-order valence-corrected chi connectivity index (χ4v) is 2.88. The second kappa shape index (κ2) is 5.13. The number of benzene rings is 1. The molecule has 0 fully saturated rings. The summed E-state index contributed by atoms with van der Waals surface area (Å²) in [7, 11) is -3.49. The number of nitriles is 1. The molecule has 0 amide bonds. The van der Waals surface area contributed by atoms with Crippen LogP contribution < -0.4 is 0 Å². The molecule has 0 aliphatic rings. The molecule has 4 heteroatoms. The van der Waals surface area contributed by atoms with Gasteiger partial charge in [0.05, 0.1) is 11.0 Å². The van der Waals surface area contributed by atoms with Gasteiger partial charge < -0.3 is 0 Å². The van der Waals surface area contributed by atoms with Crippen molar-refractivity contribution >= 4 is 9.84 Å². The summed E-state index contributed by atoms with van der Waals surface area (Å²) in [4.78, 5) is 0.234. The summed E-state index contributed by atoms with van der Waals surface area (Å²) in [6, 6.07) is 8.56. The van der Waals surface area contributed by atoms with Gasteiger partial charge >= 0.3 is 0 Å². The van der Waals surface area contributed by atoms with Gasteiger partial charge in [0.2, 0.25) is 0 Å². The number of sulfone groups is 1. The van der Waals surface area contributed by atoms with E-state index < -0.39 is 15.1 Å². The van der Waals surface area contributed by atoms with Gasteiger partial charge in [0.1, 0.15) is 0 Å². The third kappa shape index (κ3) is 2.42. The molecule has 1 rings (SSSR count). The van der Waals surface area contributed by atoms with Gasteiger partial charge in [0, 0.05) is 0 Å². The van der Waals surface area contributed by atoms with Crippen LogP contribution in [0.5, 0.6) is 0 Å². The van der Waals surface area contributed by atoms with Crippen LogP contribution in [0.2, 0.25) is 0 Å². The van der Waals surface area contributed by atoms with Gasteiger partial charge in [-0.15, -0.1) is 0 Å². The molecule has 0 saturated heterocycles. The van der Waals surface area contributed by atoms with Crippen molar-refractivity contribution in [2.75, 3.05) is 0 Å². The van der Waals surface area contributed by atoms with Gasteiger partial charge in [-0.25, -0.2) is 8.42 Å². The molecule has 0 saturated carbocycles.